The summed E-state index contributed by atoms with van der Waals surface area (Å²) in [5.74, 6) is -2.42. The Labute approximate surface area is 113 Å². The predicted molar refractivity (Wildman–Crippen MR) is 69.9 cm³/mol. The van der Waals surface area contributed by atoms with Crippen molar-refractivity contribution in [1.82, 2.24) is 0 Å². The van der Waals surface area contributed by atoms with Gasteiger partial charge in [-0.1, -0.05) is 11.6 Å². The standard InChI is InChI=1S/C12H13BrClF2N/c13-10-2-1-9(5-11(10)14)17-7-8-3-4-12(15,16)6-8/h1-2,5,8,17H,3-4,6-7H2. The summed E-state index contributed by atoms with van der Waals surface area (Å²) in [6, 6.07) is 5.51. The highest BCUT2D eigenvalue weighted by atomic mass is 79.9. The van der Waals surface area contributed by atoms with E-state index < -0.39 is 5.92 Å². The summed E-state index contributed by atoms with van der Waals surface area (Å²) in [6.45, 7) is 0.577. The van der Waals surface area contributed by atoms with Gasteiger partial charge in [0.1, 0.15) is 0 Å². The van der Waals surface area contributed by atoms with Gasteiger partial charge in [0.2, 0.25) is 5.92 Å². The third-order valence-corrected chi connectivity index (χ3v) is 4.25. The molecule has 0 radical (unpaired) electrons. The Morgan fingerprint density at radius 1 is 1.47 bits per heavy atom. The van der Waals surface area contributed by atoms with Crippen molar-refractivity contribution in [2.75, 3.05) is 11.9 Å². The van der Waals surface area contributed by atoms with Crippen molar-refractivity contribution >= 4 is 33.2 Å². The molecule has 5 heteroatoms. The molecule has 1 aliphatic rings. The topological polar surface area (TPSA) is 12.0 Å². The molecule has 1 nitrogen and oxygen atoms in total. The lowest BCUT2D eigenvalue weighted by Gasteiger charge is -2.13. The second-order valence-electron chi connectivity index (χ2n) is 4.47. The lowest BCUT2D eigenvalue weighted by molar-refractivity contribution is 0.00556. The summed E-state index contributed by atoms with van der Waals surface area (Å²) in [7, 11) is 0. The van der Waals surface area contributed by atoms with Gasteiger partial charge >= 0.3 is 0 Å². The van der Waals surface area contributed by atoms with Crippen LogP contribution in [0.3, 0.4) is 0 Å². The van der Waals surface area contributed by atoms with Crippen molar-refractivity contribution in [2.45, 2.75) is 25.2 Å². The second-order valence-corrected chi connectivity index (χ2v) is 5.74. The number of hydrogen-bond donors (Lipinski definition) is 1. The molecule has 17 heavy (non-hydrogen) atoms. The zero-order valence-corrected chi connectivity index (χ0v) is 11.5. The first-order valence-electron chi connectivity index (χ1n) is 5.53. The summed E-state index contributed by atoms with van der Waals surface area (Å²) >= 11 is 9.25. The molecule has 1 aromatic rings. The lowest BCUT2D eigenvalue weighted by Crippen LogP contribution is -2.15. The molecule has 2 rings (SSSR count). The van der Waals surface area contributed by atoms with Gasteiger partial charge in [0.25, 0.3) is 0 Å². The molecule has 0 saturated heterocycles. The zero-order valence-electron chi connectivity index (χ0n) is 9.15. The molecule has 1 aliphatic carbocycles. The highest BCUT2D eigenvalue weighted by Gasteiger charge is 2.38. The summed E-state index contributed by atoms with van der Waals surface area (Å²) in [5, 5.41) is 3.77. The van der Waals surface area contributed by atoms with Gasteiger partial charge in [0, 0.05) is 29.5 Å². The Hall–Kier alpha value is -0.350. The Kier molecular flexibility index (Phi) is 3.93. The van der Waals surface area contributed by atoms with E-state index in [0.29, 0.717) is 18.0 Å². The molecule has 1 saturated carbocycles. The largest absolute Gasteiger partial charge is 0.385 e. The van der Waals surface area contributed by atoms with Crippen LogP contribution in [-0.2, 0) is 0 Å². The fraction of sp³-hybridized carbons (Fsp3) is 0.500. The van der Waals surface area contributed by atoms with E-state index in [2.05, 4.69) is 21.2 Å². The van der Waals surface area contributed by atoms with Gasteiger partial charge in [0.05, 0.1) is 5.02 Å². The van der Waals surface area contributed by atoms with Crippen molar-refractivity contribution in [1.29, 1.82) is 0 Å². The maximum absolute atomic E-state index is 13.0. The summed E-state index contributed by atoms with van der Waals surface area (Å²) in [6.07, 6.45) is 0.592. The number of rotatable bonds is 3. The fourth-order valence-electron chi connectivity index (χ4n) is 2.08. The average molecular weight is 325 g/mol. The van der Waals surface area contributed by atoms with Crippen molar-refractivity contribution in [3.8, 4) is 0 Å². The highest BCUT2D eigenvalue weighted by Crippen LogP contribution is 2.38. The molecule has 1 N–H and O–H groups in total. The molecular formula is C12H13BrClF2N. The molecule has 1 unspecified atom stereocenters. The van der Waals surface area contributed by atoms with Gasteiger partial charge in [0.15, 0.2) is 0 Å². The molecule has 0 aromatic heterocycles. The lowest BCUT2D eigenvalue weighted by atomic mass is 10.1. The molecular weight excluding hydrogens is 311 g/mol. The first-order chi connectivity index (χ1) is 7.96. The first-order valence-corrected chi connectivity index (χ1v) is 6.70. The summed E-state index contributed by atoms with van der Waals surface area (Å²) < 4.78 is 26.8. The van der Waals surface area contributed by atoms with E-state index in [1.807, 2.05) is 12.1 Å². The van der Waals surface area contributed by atoms with Crippen LogP contribution in [0.5, 0.6) is 0 Å². The molecule has 1 fully saturated rings. The van der Waals surface area contributed by atoms with E-state index >= 15 is 0 Å². The number of halogens is 4. The van der Waals surface area contributed by atoms with Gasteiger partial charge in [-0.15, -0.1) is 0 Å². The Morgan fingerprint density at radius 3 is 2.82 bits per heavy atom. The van der Waals surface area contributed by atoms with E-state index in [1.54, 1.807) is 6.07 Å². The minimum atomic E-state index is -2.47. The van der Waals surface area contributed by atoms with Crippen LogP contribution in [0.1, 0.15) is 19.3 Å². The molecule has 0 heterocycles. The smallest absolute Gasteiger partial charge is 0.248 e. The number of nitrogens with one attached hydrogen (secondary N) is 1. The van der Waals surface area contributed by atoms with Crippen molar-refractivity contribution in [3.05, 3.63) is 27.7 Å². The summed E-state index contributed by atoms with van der Waals surface area (Å²) in [5.41, 5.74) is 0.869. The molecule has 94 valence electrons. The average Bonchev–Trinajstić information content (AvgIpc) is 2.60. The quantitative estimate of drug-likeness (QED) is 0.829. The highest BCUT2D eigenvalue weighted by molar-refractivity contribution is 9.10. The van der Waals surface area contributed by atoms with Gasteiger partial charge in [-0.2, -0.15) is 0 Å². The van der Waals surface area contributed by atoms with Gasteiger partial charge in [-0.3, -0.25) is 0 Å². The molecule has 1 atom stereocenters. The SMILES string of the molecule is FC1(F)CCC(CNc2ccc(Br)c(Cl)c2)C1. The Balaban J connectivity index is 1.88. The van der Waals surface area contributed by atoms with Crippen LogP contribution in [0, 0.1) is 5.92 Å². The maximum Gasteiger partial charge on any atom is 0.248 e. The van der Waals surface area contributed by atoms with Crippen LogP contribution in [0.2, 0.25) is 5.02 Å². The number of hydrogen-bond acceptors (Lipinski definition) is 1. The van der Waals surface area contributed by atoms with Crippen LogP contribution >= 0.6 is 27.5 Å². The van der Waals surface area contributed by atoms with E-state index in [0.717, 1.165) is 10.2 Å². The van der Waals surface area contributed by atoms with Crippen molar-refractivity contribution in [3.63, 3.8) is 0 Å². The fourth-order valence-corrected chi connectivity index (χ4v) is 2.51. The maximum atomic E-state index is 13.0. The predicted octanol–water partition coefficient (Wildman–Crippen LogP) is 4.95. The van der Waals surface area contributed by atoms with Crippen LogP contribution < -0.4 is 5.32 Å². The molecule has 0 bridgehead atoms. The van der Waals surface area contributed by atoms with Crippen molar-refractivity contribution < 1.29 is 8.78 Å². The van der Waals surface area contributed by atoms with E-state index in [9.17, 15) is 8.78 Å². The number of benzene rings is 1. The van der Waals surface area contributed by atoms with Gasteiger partial charge < -0.3 is 5.32 Å². The Morgan fingerprint density at radius 2 is 2.24 bits per heavy atom. The third kappa shape index (κ3) is 3.55. The van der Waals surface area contributed by atoms with Crippen LogP contribution in [-0.4, -0.2) is 12.5 Å². The number of alkyl halides is 2. The number of anilines is 1. The van der Waals surface area contributed by atoms with E-state index in [1.165, 1.54) is 0 Å². The third-order valence-electron chi connectivity index (χ3n) is 3.02. The minimum absolute atomic E-state index is 0.00966. The molecule has 0 spiro atoms. The molecule has 0 amide bonds. The van der Waals surface area contributed by atoms with E-state index in [-0.39, 0.29) is 18.8 Å². The van der Waals surface area contributed by atoms with E-state index in [4.69, 9.17) is 11.6 Å². The monoisotopic (exact) mass is 323 g/mol. The van der Waals surface area contributed by atoms with Crippen LogP contribution in [0.15, 0.2) is 22.7 Å². The molecule has 1 aromatic carbocycles. The minimum Gasteiger partial charge on any atom is -0.385 e. The first kappa shape index (κ1) is 13.1. The summed E-state index contributed by atoms with van der Waals surface area (Å²) in [4.78, 5) is 0. The van der Waals surface area contributed by atoms with Crippen LogP contribution in [0.4, 0.5) is 14.5 Å². The molecule has 0 aliphatic heterocycles. The van der Waals surface area contributed by atoms with Crippen LogP contribution in [0.25, 0.3) is 0 Å². The zero-order chi connectivity index (χ0) is 12.5. The van der Waals surface area contributed by atoms with Crippen molar-refractivity contribution in [2.24, 2.45) is 5.92 Å². The second kappa shape index (κ2) is 5.11. The van der Waals surface area contributed by atoms with Gasteiger partial charge in [-0.05, 0) is 46.5 Å². The normalized spacial score (nSPS) is 22.7. The van der Waals surface area contributed by atoms with Gasteiger partial charge in [-0.25, -0.2) is 8.78 Å². The Bertz CT molecular complexity index is 411.